The van der Waals surface area contributed by atoms with Crippen molar-refractivity contribution in [2.24, 2.45) is 7.05 Å². The highest BCUT2D eigenvalue weighted by Crippen LogP contribution is 2.28. The largest absolute Gasteiger partial charge is 0.463 e. The first-order valence-electron chi connectivity index (χ1n) is 9.97. The van der Waals surface area contributed by atoms with E-state index in [2.05, 4.69) is 20.1 Å². The van der Waals surface area contributed by atoms with E-state index in [1.165, 1.54) is 12.1 Å². The minimum absolute atomic E-state index is 0.124. The fourth-order valence-electron chi connectivity index (χ4n) is 3.47. The maximum absolute atomic E-state index is 13.2. The zero-order valence-corrected chi connectivity index (χ0v) is 18.9. The summed E-state index contributed by atoms with van der Waals surface area (Å²) >= 11 is 0. The van der Waals surface area contributed by atoms with Gasteiger partial charge >= 0.3 is 0 Å². The number of benzene rings is 1. The molecule has 3 aromatic heterocycles. The molecule has 1 aromatic carbocycles. The van der Waals surface area contributed by atoms with Crippen LogP contribution >= 0.6 is 0 Å². The fraction of sp³-hybridized carbons (Fsp3) is 0.227. The molecular weight excluding hydrogens is 430 g/mol. The predicted molar refractivity (Wildman–Crippen MR) is 121 cm³/mol. The van der Waals surface area contributed by atoms with Crippen molar-refractivity contribution in [1.82, 2.24) is 19.5 Å². The molecule has 0 radical (unpaired) electrons. The number of sulfonamides is 1. The maximum Gasteiger partial charge on any atom is 0.256 e. The van der Waals surface area contributed by atoms with E-state index in [1.54, 1.807) is 62.2 Å². The highest BCUT2D eigenvalue weighted by Gasteiger charge is 2.21. The Morgan fingerprint density at radius 1 is 1.16 bits per heavy atom. The van der Waals surface area contributed by atoms with E-state index in [4.69, 9.17) is 4.42 Å². The summed E-state index contributed by atoms with van der Waals surface area (Å²) < 4.78 is 34.2. The molecule has 0 aliphatic carbocycles. The molecule has 166 valence electrons. The summed E-state index contributed by atoms with van der Waals surface area (Å²) in [4.78, 5) is 17.9. The number of furan rings is 1. The van der Waals surface area contributed by atoms with Crippen LogP contribution in [0.4, 0.5) is 5.69 Å². The first-order chi connectivity index (χ1) is 15.2. The minimum atomic E-state index is -3.61. The van der Waals surface area contributed by atoms with Crippen LogP contribution < -0.4 is 10.0 Å². The minimum Gasteiger partial charge on any atom is -0.463 e. The Hall–Kier alpha value is -3.50. The second-order valence-electron chi connectivity index (χ2n) is 7.69. The summed E-state index contributed by atoms with van der Waals surface area (Å²) in [6.45, 7) is 5.31. The van der Waals surface area contributed by atoms with Gasteiger partial charge in [-0.1, -0.05) is 0 Å². The molecule has 3 heterocycles. The number of nitrogens with one attached hydrogen (secondary N) is 2. The molecule has 4 rings (SSSR count). The average molecular weight is 454 g/mol. The van der Waals surface area contributed by atoms with Crippen LogP contribution in [0.15, 0.2) is 58.0 Å². The first kappa shape index (κ1) is 21.7. The molecule has 0 bridgehead atoms. The van der Waals surface area contributed by atoms with Crippen LogP contribution in [0.25, 0.3) is 22.5 Å². The number of hydrogen-bond acceptors (Lipinski definition) is 6. The number of rotatable bonds is 6. The number of hydrogen-bond donors (Lipinski definition) is 2. The van der Waals surface area contributed by atoms with Gasteiger partial charge in [-0.05, 0) is 63.2 Å². The zero-order valence-electron chi connectivity index (χ0n) is 18.1. The van der Waals surface area contributed by atoms with E-state index < -0.39 is 10.0 Å². The van der Waals surface area contributed by atoms with Crippen LogP contribution in [0, 0.1) is 6.92 Å². The fourth-order valence-corrected chi connectivity index (χ4v) is 4.72. The number of nitrogens with zero attached hydrogens (tertiary/aromatic N) is 3. The smallest absolute Gasteiger partial charge is 0.256 e. The Kier molecular flexibility index (Phi) is 5.57. The number of aryl methyl sites for hydroxylation is 2. The Labute approximate surface area is 185 Å². The van der Waals surface area contributed by atoms with Gasteiger partial charge in [-0.3, -0.25) is 9.48 Å². The van der Waals surface area contributed by atoms with Crippen molar-refractivity contribution in [3.05, 3.63) is 60.0 Å². The van der Waals surface area contributed by atoms with Crippen LogP contribution in [0.2, 0.25) is 0 Å². The molecule has 4 aromatic rings. The van der Waals surface area contributed by atoms with Gasteiger partial charge in [0, 0.05) is 18.8 Å². The van der Waals surface area contributed by atoms with Gasteiger partial charge < -0.3 is 9.73 Å². The van der Waals surface area contributed by atoms with Crippen molar-refractivity contribution in [2.75, 3.05) is 5.32 Å². The van der Waals surface area contributed by atoms with E-state index in [-0.39, 0.29) is 16.8 Å². The Morgan fingerprint density at radius 2 is 1.88 bits per heavy atom. The van der Waals surface area contributed by atoms with Gasteiger partial charge in [-0.25, -0.2) is 18.1 Å². The molecule has 0 aliphatic heterocycles. The highest BCUT2D eigenvalue weighted by atomic mass is 32.2. The Morgan fingerprint density at radius 3 is 2.50 bits per heavy atom. The lowest BCUT2D eigenvalue weighted by Crippen LogP contribution is -2.30. The quantitative estimate of drug-likeness (QED) is 0.461. The molecule has 0 unspecified atom stereocenters. The normalized spacial score (nSPS) is 11.9. The topological polar surface area (TPSA) is 119 Å². The SMILES string of the molecule is Cc1nn(C)c2nc(-c3ccco3)cc(C(=O)Nc3ccc(S(=O)(=O)NC(C)C)cc3)c12. The number of carbonyl (C=O) groups is 1. The molecular formula is C22H23N5O4S. The summed E-state index contributed by atoms with van der Waals surface area (Å²) in [6, 6.07) is 11.0. The van der Waals surface area contributed by atoms with Gasteiger partial charge in [0.1, 0.15) is 5.69 Å². The Bertz CT molecular complexity index is 1390. The lowest BCUT2D eigenvalue weighted by molar-refractivity contribution is 0.102. The van der Waals surface area contributed by atoms with Gasteiger partial charge in [-0.2, -0.15) is 5.10 Å². The van der Waals surface area contributed by atoms with Crippen molar-refractivity contribution < 1.29 is 17.6 Å². The van der Waals surface area contributed by atoms with Gasteiger partial charge in [0.2, 0.25) is 10.0 Å². The van der Waals surface area contributed by atoms with Crippen LogP contribution in [0.3, 0.4) is 0 Å². The maximum atomic E-state index is 13.2. The van der Waals surface area contributed by atoms with Gasteiger partial charge in [0.25, 0.3) is 5.91 Å². The Balaban J connectivity index is 1.68. The molecule has 32 heavy (non-hydrogen) atoms. The number of carbonyl (C=O) groups excluding carboxylic acids is 1. The first-order valence-corrected chi connectivity index (χ1v) is 11.5. The van der Waals surface area contributed by atoms with Crippen LogP contribution in [-0.4, -0.2) is 35.1 Å². The molecule has 9 nitrogen and oxygen atoms in total. The van der Waals surface area contributed by atoms with Crippen molar-refractivity contribution in [1.29, 1.82) is 0 Å². The van der Waals surface area contributed by atoms with E-state index in [9.17, 15) is 13.2 Å². The number of fused-ring (bicyclic) bond motifs is 1. The van der Waals surface area contributed by atoms with Crippen LogP contribution in [-0.2, 0) is 17.1 Å². The third kappa shape index (κ3) is 4.14. The van der Waals surface area contributed by atoms with Crippen LogP contribution in [0.1, 0.15) is 29.9 Å². The molecule has 0 spiro atoms. The average Bonchev–Trinajstić information content (AvgIpc) is 3.35. The summed E-state index contributed by atoms with van der Waals surface area (Å²) in [5.74, 6) is 0.171. The number of aromatic nitrogens is 3. The van der Waals surface area contributed by atoms with Crippen LogP contribution in [0.5, 0.6) is 0 Å². The second-order valence-corrected chi connectivity index (χ2v) is 9.41. The highest BCUT2D eigenvalue weighted by molar-refractivity contribution is 7.89. The van der Waals surface area contributed by atoms with Gasteiger partial charge in [-0.15, -0.1) is 0 Å². The van der Waals surface area contributed by atoms with Crippen molar-refractivity contribution in [3.8, 4) is 11.5 Å². The number of pyridine rings is 1. The molecule has 0 fully saturated rings. The predicted octanol–water partition coefficient (Wildman–Crippen LogP) is 3.48. The van der Waals surface area contributed by atoms with E-state index >= 15 is 0 Å². The van der Waals surface area contributed by atoms with E-state index in [1.807, 2.05) is 6.92 Å². The summed E-state index contributed by atoms with van der Waals surface area (Å²) in [7, 11) is -1.85. The van der Waals surface area contributed by atoms with Crippen molar-refractivity contribution in [3.63, 3.8) is 0 Å². The van der Waals surface area contributed by atoms with Crippen molar-refractivity contribution in [2.45, 2.75) is 31.7 Å². The summed E-state index contributed by atoms with van der Waals surface area (Å²) in [5.41, 5.74) is 2.60. The van der Waals surface area contributed by atoms with E-state index in [0.717, 1.165) is 0 Å². The van der Waals surface area contributed by atoms with Gasteiger partial charge in [0.05, 0.1) is 27.8 Å². The third-order valence-electron chi connectivity index (χ3n) is 4.80. The van der Waals surface area contributed by atoms with Gasteiger partial charge in [0.15, 0.2) is 11.4 Å². The molecule has 0 atom stereocenters. The molecule has 0 aliphatic rings. The lowest BCUT2D eigenvalue weighted by Gasteiger charge is -2.11. The standard InChI is InChI=1S/C22H23N5O4S/c1-13(2)26-32(29,30)16-9-7-15(8-10-16)23-22(28)17-12-18(19-6-5-11-31-19)24-21-20(17)14(3)25-27(21)4/h5-13,26H,1-4H3,(H,23,28). The number of amides is 1. The van der Waals surface area contributed by atoms with Crippen molar-refractivity contribution >= 4 is 32.7 Å². The zero-order chi connectivity index (χ0) is 23.0. The second kappa shape index (κ2) is 8.21. The monoisotopic (exact) mass is 453 g/mol. The van der Waals surface area contributed by atoms with E-state index in [0.29, 0.717) is 39.4 Å². The third-order valence-corrected chi connectivity index (χ3v) is 6.47. The molecule has 1 amide bonds. The molecule has 0 saturated carbocycles. The molecule has 10 heteroatoms. The summed E-state index contributed by atoms with van der Waals surface area (Å²) in [5, 5.41) is 7.86. The summed E-state index contributed by atoms with van der Waals surface area (Å²) in [6.07, 6.45) is 1.54. The number of anilines is 1. The molecule has 2 N–H and O–H groups in total. The lowest BCUT2D eigenvalue weighted by atomic mass is 10.1. The molecule has 0 saturated heterocycles.